The second-order valence-electron chi connectivity index (χ2n) is 6.07. The maximum Gasteiger partial charge on any atom is 0.183 e. The molecule has 0 aliphatic rings. The van der Waals surface area contributed by atoms with E-state index in [1.165, 1.54) is 0 Å². The highest BCUT2D eigenvalue weighted by Crippen LogP contribution is 2.32. The van der Waals surface area contributed by atoms with E-state index in [9.17, 15) is 9.50 Å². The minimum atomic E-state index is -0.569. The molecule has 0 radical (unpaired) electrons. The van der Waals surface area contributed by atoms with Gasteiger partial charge in [0.25, 0.3) is 0 Å². The topological polar surface area (TPSA) is 102 Å². The quantitative estimate of drug-likeness (QED) is 0.627. The number of aromatic nitrogens is 4. The first kappa shape index (κ1) is 17.8. The Morgan fingerprint density at radius 1 is 1.31 bits per heavy atom. The molecule has 0 aliphatic heterocycles. The highest BCUT2D eigenvalue weighted by Gasteiger charge is 2.14. The van der Waals surface area contributed by atoms with Gasteiger partial charge in [-0.15, -0.1) is 0 Å². The van der Waals surface area contributed by atoms with Gasteiger partial charge in [-0.25, -0.2) is 14.4 Å². The van der Waals surface area contributed by atoms with E-state index in [0.717, 1.165) is 23.7 Å². The molecule has 0 amide bonds. The van der Waals surface area contributed by atoms with Crippen molar-refractivity contribution in [1.82, 2.24) is 19.7 Å². The molecule has 1 atom stereocenters. The van der Waals surface area contributed by atoms with Crippen molar-refractivity contribution in [3.05, 3.63) is 42.6 Å². The average Bonchev–Trinajstić information content (AvgIpc) is 3.07. The van der Waals surface area contributed by atoms with E-state index >= 15 is 0 Å². The van der Waals surface area contributed by atoms with Crippen LogP contribution in [0.1, 0.15) is 13.3 Å². The van der Waals surface area contributed by atoms with Crippen molar-refractivity contribution in [2.45, 2.75) is 19.4 Å². The molecule has 4 N–H and O–H groups in total. The number of phenolic OH excluding ortho intramolecular Hbond substituents is 1. The molecule has 26 heavy (non-hydrogen) atoms. The van der Waals surface area contributed by atoms with Gasteiger partial charge in [-0.3, -0.25) is 4.68 Å². The van der Waals surface area contributed by atoms with Crippen LogP contribution in [0.25, 0.3) is 22.5 Å². The summed E-state index contributed by atoms with van der Waals surface area (Å²) in [6, 6.07) is 4.99. The maximum absolute atomic E-state index is 14.0. The first-order valence-corrected chi connectivity index (χ1v) is 8.32. The Bertz CT molecular complexity index is 910. The Labute approximate surface area is 150 Å². The van der Waals surface area contributed by atoms with Crippen LogP contribution in [0.15, 0.2) is 36.8 Å². The van der Waals surface area contributed by atoms with Gasteiger partial charge in [0, 0.05) is 31.4 Å². The summed E-state index contributed by atoms with van der Waals surface area (Å²) in [6.07, 6.45) is 5.43. The van der Waals surface area contributed by atoms with Crippen LogP contribution in [0.3, 0.4) is 0 Å². The Hall–Kier alpha value is -3.00. The zero-order valence-electron chi connectivity index (χ0n) is 14.6. The summed E-state index contributed by atoms with van der Waals surface area (Å²) in [4.78, 5) is 8.24. The van der Waals surface area contributed by atoms with Gasteiger partial charge in [0.1, 0.15) is 5.75 Å². The van der Waals surface area contributed by atoms with E-state index in [-0.39, 0.29) is 23.4 Å². The number of rotatable bonds is 6. The van der Waals surface area contributed by atoms with Crippen LogP contribution >= 0.6 is 0 Å². The summed E-state index contributed by atoms with van der Waals surface area (Å²) in [7, 11) is 1.83. The van der Waals surface area contributed by atoms with Crippen molar-refractivity contribution in [1.29, 1.82) is 0 Å². The summed E-state index contributed by atoms with van der Waals surface area (Å²) in [5.74, 6) is -0.271. The van der Waals surface area contributed by atoms with Gasteiger partial charge in [0.15, 0.2) is 17.5 Å². The van der Waals surface area contributed by atoms with Gasteiger partial charge < -0.3 is 16.2 Å². The molecule has 2 heterocycles. The smallest absolute Gasteiger partial charge is 0.183 e. The lowest BCUT2D eigenvalue weighted by Gasteiger charge is -2.12. The fourth-order valence-corrected chi connectivity index (χ4v) is 2.46. The molecule has 136 valence electrons. The summed E-state index contributed by atoms with van der Waals surface area (Å²) in [5, 5.41) is 17.3. The number of halogens is 1. The predicted octanol–water partition coefficient (Wildman–Crippen LogP) is 2.54. The third-order valence-corrected chi connectivity index (χ3v) is 4.08. The highest BCUT2D eigenvalue weighted by molar-refractivity contribution is 5.74. The van der Waals surface area contributed by atoms with Crippen LogP contribution < -0.4 is 11.1 Å². The SMILES string of the molecule is CC[C@@H](N)CNc1nc(-c2cc(-c3cnn(C)c3)ccc2O)ncc1F. The Kier molecular flexibility index (Phi) is 5.13. The molecule has 0 aliphatic carbocycles. The molecule has 0 saturated heterocycles. The standard InChI is InChI=1S/C18H21FN6O/c1-3-13(20)8-21-18-15(19)9-22-17(24-18)14-6-11(4-5-16(14)26)12-7-23-25(2)10-12/h4-7,9-10,13,26H,3,8,20H2,1-2H3,(H,21,22,24)/t13-/m1/s1. The zero-order valence-corrected chi connectivity index (χ0v) is 14.6. The predicted molar refractivity (Wildman–Crippen MR) is 98.0 cm³/mol. The van der Waals surface area contributed by atoms with Crippen LogP contribution in [0, 0.1) is 5.82 Å². The lowest BCUT2D eigenvalue weighted by molar-refractivity contribution is 0.477. The molecule has 7 nitrogen and oxygen atoms in total. The van der Waals surface area contributed by atoms with Crippen molar-refractivity contribution in [3.8, 4) is 28.3 Å². The first-order valence-electron chi connectivity index (χ1n) is 8.32. The molecule has 1 aromatic carbocycles. The third kappa shape index (κ3) is 3.80. The molecule has 0 spiro atoms. The normalized spacial score (nSPS) is 12.2. The largest absolute Gasteiger partial charge is 0.507 e. The number of nitrogens with zero attached hydrogens (tertiary/aromatic N) is 4. The van der Waals surface area contributed by atoms with E-state index in [0.29, 0.717) is 12.1 Å². The molecule has 0 saturated carbocycles. The van der Waals surface area contributed by atoms with Gasteiger partial charge >= 0.3 is 0 Å². The summed E-state index contributed by atoms with van der Waals surface area (Å²) >= 11 is 0. The fraction of sp³-hybridized carbons (Fsp3) is 0.278. The fourth-order valence-electron chi connectivity index (χ4n) is 2.46. The minimum absolute atomic E-state index is 0.0143. The first-order chi connectivity index (χ1) is 12.5. The number of aromatic hydroxyl groups is 1. The Morgan fingerprint density at radius 3 is 2.81 bits per heavy atom. The zero-order chi connectivity index (χ0) is 18.7. The monoisotopic (exact) mass is 356 g/mol. The molecule has 0 unspecified atom stereocenters. The molecule has 3 aromatic rings. The molecule has 3 rings (SSSR count). The maximum atomic E-state index is 14.0. The van der Waals surface area contributed by atoms with Crippen LogP contribution in [0.4, 0.5) is 10.2 Å². The van der Waals surface area contributed by atoms with Crippen molar-refractivity contribution >= 4 is 5.82 Å². The molecular formula is C18H21FN6O. The number of hydrogen-bond acceptors (Lipinski definition) is 6. The number of nitrogens with one attached hydrogen (secondary N) is 1. The second kappa shape index (κ2) is 7.49. The van der Waals surface area contributed by atoms with Crippen LogP contribution in [0.5, 0.6) is 5.75 Å². The summed E-state index contributed by atoms with van der Waals surface area (Å²) in [6.45, 7) is 2.35. The van der Waals surface area contributed by atoms with E-state index < -0.39 is 5.82 Å². The molecule has 2 aromatic heterocycles. The number of anilines is 1. The van der Waals surface area contributed by atoms with E-state index in [1.54, 1.807) is 29.1 Å². The molecular weight excluding hydrogens is 335 g/mol. The molecule has 8 heteroatoms. The van der Waals surface area contributed by atoms with Gasteiger partial charge in [-0.1, -0.05) is 13.0 Å². The van der Waals surface area contributed by atoms with Gasteiger partial charge in [0.2, 0.25) is 0 Å². The number of hydrogen-bond donors (Lipinski definition) is 3. The highest BCUT2D eigenvalue weighted by atomic mass is 19.1. The average molecular weight is 356 g/mol. The molecule has 0 fully saturated rings. The Balaban J connectivity index is 1.95. The lowest BCUT2D eigenvalue weighted by Crippen LogP contribution is -2.28. The second-order valence-corrected chi connectivity index (χ2v) is 6.07. The number of benzene rings is 1. The van der Waals surface area contributed by atoms with E-state index in [1.807, 2.05) is 20.2 Å². The van der Waals surface area contributed by atoms with Gasteiger partial charge in [0.05, 0.1) is 18.0 Å². The Morgan fingerprint density at radius 2 is 2.12 bits per heavy atom. The number of nitrogens with two attached hydrogens (primary N) is 1. The summed E-state index contributed by atoms with van der Waals surface area (Å²) < 4.78 is 15.7. The molecule has 0 bridgehead atoms. The van der Waals surface area contributed by atoms with Crippen molar-refractivity contribution in [3.63, 3.8) is 0 Å². The lowest BCUT2D eigenvalue weighted by atomic mass is 10.0. The van der Waals surface area contributed by atoms with Gasteiger partial charge in [-0.2, -0.15) is 5.10 Å². The van der Waals surface area contributed by atoms with Crippen LogP contribution in [-0.2, 0) is 7.05 Å². The van der Waals surface area contributed by atoms with Crippen LogP contribution in [-0.4, -0.2) is 37.4 Å². The van der Waals surface area contributed by atoms with Gasteiger partial charge in [-0.05, 0) is 24.1 Å². The van der Waals surface area contributed by atoms with Crippen molar-refractivity contribution in [2.24, 2.45) is 12.8 Å². The van der Waals surface area contributed by atoms with Crippen molar-refractivity contribution in [2.75, 3.05) is 11.9 Å². The number of phenols is 1. The third-order valence-electron chi connectivity index (χ3n) is 4.08. The van der Waals surface area contributed by atoms with Crippen molar-refractivity contribution < 1.29 is 9.50 Å². The van der Waals surface area contributed by atoms with Crippen LogP contribution in [0.2, 0.25) is 0 Å². The number of aryl methyl sites for hydroxylation is 1. The van der Waals surface area contributed by atoms with E-state index in [4.69, 9.17) is 5.73 Å². The summed E-state index contributed by atoms with van der Waals surface area (Å²) in [5.41, 5.74) is 8.01. The van der Waals surface area contributed by atoms with E-state index in [2.05, 4.69) is 20.4 Å². The minimum Gasteiger partial charge on any atom is -0.507 e.